The van der Waals surface area contributed by atoms with E-state index in [4.69, 9.17) is 0 Å². The van der Waals surface area contributed by atoms with Gasteiger partial charge in [-0.3, -0.25) is 4.79 Å². The van der Waals surface area contributed by atoms with Crippen LogP contribution in [0, 0.1) is 10.8 Å². The number of carbonyl (C=O) groups excluding carboxylic acids is 1. The molecule has 3 nitrogen and oxygen atoms in total. The van der Waals surface area contributed by atoms with Crippen LogP contribution >= 0.6 is 0 Å². The maximum Gasteiger partial charge on any atom is 0.223 e. The number of benzene rings is 4. The SMILES string of the molecule is CC(=O)N1CCC(C(C)(C)Cc2ccc(-c3ccc4c(c3)C(C(C)(C)C)CCN4)cc2)c2cc(-c3ccccc3)ccc21. The number of nitrogens with zero attached hydrogens (tertiary/aromatic N) is 1. The number of anilines is 2. The van der Waals surface area contributed by atoms with Crippen LogP contribution in [0.2, 0.25) is 0 Å². The average Bonchev–Trinajstić information content (AvgIpc) is 2.99. The number of hydrogen-bond acceptors (Lipinski definition) is 2. The van der Waals surface area contributed by atoms with Crippen molar-refractivity contribution in [3.05, 3.63) is 108 Å². The molecule has 0 saturated carbocycles. The Labute approximate surface area is 258 Å². The molecule has 2 atom stereocenters. The highest BCUT2D eigenvalue weighted by atomic mass is 16.2. The van der Waals surface area contributed by atoms with Crippen LogP contribution in [0.15, 0.2) is 91.0 Å². The van der Waals surface area contributed by atoms with Gasteiger partial charge in [-0.15, -0.1) is 0 Å². The van der Waals surface area contributed by atoms with Gasteiger partial charge in [0.1, 0.15) is 0 Å². The van der Waals surface area contributed by atoms with Crippen LogP contribution in [-0.2, 0) is 11.2 Å². The van der Waals surface area contributed by atoms with E-state index in [0.29, 0.717) is 11.8 Å². The Kier molecular flexibility index (Phi) is 7.71. The van der Waals surface area contributed by atoms with Gasteiger partial charge in [0.15, 0.2) is 0 Å². The van der Waals surface area contributed by atoms with Gasteiger partial charge in [-0.1, -0.05) is 101 Å². The summed E-state index contributed by atoms with van der Waals surface area (Å²) >= 11 is 0. The van der Waals surface area contributed by atoms with Crippen LogP contribution in [0.4, 0.5) is 11.4 Å². The van der Waals surface area contributed by atoms with E-state index in [2.05, 4.69) is 131 Å². The molecule has 2 heterocycles. The van der Waals surface area contributed by atoms with Gasteiger partial charge in [-0.05, 0) is 105 Å². The fourth-order valence-electron chi connectivity index (χ4n) is 7.62. The highest BCUT2D eigenvalue weighted by Crippen LogP contribution is 2.49. The van der Waals surface area contributed by atoms with Gasteiger partial charge in [0.2, 0.25) is 5.91 Å². The second kappa shape index (κ2) is 11.3. The second-order valence-corrected chi connectivity index (χ2v) is 14.4. The maximum atomic E-state index is 12.6. The summed E-state index contributed by atoms with van der Waals surface area (Å²) in [5.74, 6) is 1.03. The number of fused-ring (bicyclic) bond motifs is 2. The van der Waals surface area contributed by atoms with Crippen molar-refractivity contribution in [2.75, 3.05) is 23.3 Å². The summed E-state index contributed by atoms with van der Waals surface area (Å²) in [4.78, 5) is 14.5. The molecule has 0 saturated heterocycles. The van der Waals surface area contributed by atoms with Gasteiger partial charge in [-0.2, -0.15) is 0 Å². The summed E-state index contributed by atoms with van der Waals surface area (Å²) in [5.41, 5.74) is 11.7. The summed E-state index contributed by atoms with van der Waals surface area (Å²) in [7, 11) is 0. The van der Waals surface area contributed by atoms with Gasteiger partial charge in [0.25, 0.3) is 0 Å². The molecule has 3 heteroatoms. The third kappa shape index (κ3) is 5.87. The molecule has 0 aromatic heterocycles. The molecule has 0 bridgehead atoms. The molecular weight excluding hydrogens is 524 g/mol. The molecule has 0 spiro atoms. The molecule has 222 valence electrons. The van der Waals surface area contributed by atoms with Crippen molar-refractivity contribution >= 4 is 17.3 Å². The molecule has 1 N–H and O–H groups in total. The van der Waals surface area contributed by atoms with E-state index in [1.54, 1.807) is 6.92 Å². The largest absolute Gasteiger partial charge is 0.385 e. The standard InChI is InChI=1S/C40H46N2O/c1-27(43)42-23-21-36(34-25-32(17-19-38(34)42)29-10-8-7-9-11-29)40(5,6)26-28-12-14-30(15-13-28)31-16-18-37-33(24-31)35(20-22-41-37)39(2,3)4/h7-19,24-25,35-36,41H,20-23,26H2,1-6H3. The minimum atomic E-state index is 0.0197. The van der Waals surface area contributed by atoms with Crippen LogP contribution in [-0.4, -0.2) is 19.0 Å². The van der Waals surface area contributed by atoms with E-state index in [9.17, 15) is 4.79 Å². The molecule has 1 amide bonds. The summed E-state index contributed by atoms with van der Waals surface area (Å²) in [6.07, 6.45) is 3.12. The van der Waals surface area contributed by atoms with Gasteiger partial charge in [-0.25, -0.2) is 0 Å². The predicted octanol–water partition coefficient (Wildman–Crippen LogP) is 10.1. The zero-order valence-corrected chi connectivity index (χ0v) is 26.7. The Bertz CT molecular complexity index is 1610. The molecule has 43 heavy (non-hydrogen) atoms. The fourth-order valence-corrected chi connectivity index (χ4v) is 7.62. The molecule has 6 rings (SSSR count). The minimum Gasteiger partial charge on any atom is -0.385 e. The summed E-state index contributed by atoms with van der Waals surface area (Å²) < 4.78 is 0. The molecule has 0 radical (unpaired) electrons. The normalized spacial score (nSPS) is 18.4. The van der Waals surface area contributed by atoms with E-state index in [0.717, 1.165) is 31.6 Å². The highest BCUT2D eigenvalue weighted by Gasteiger charge is 2.37. The molecule has 2 unspecified atom stereocenters. The highest BCUT2D eigenvalue weighted by molar-refractivity contribution is 5.93. The van der Waals surface area contributed by atoms with Crippen molar-refractivity contribution in [1.82, 2.24) is 0 Å². The number of amides is 1. The lowest BCUT2D eigenvalue weighted by atomic mass is 9.68. The smallest absolute Gasteiger partial charge is 0.223 e. The topological polar surface area (TPSA) is 32.3 Å². The molecule has 4 aromatic carbocycles. The first-order valence-electron chi connectivity index (χ1n) is 16.0. The number of nitrogens with one attached hydrogen (secondary N) is 1. The molecule has 2 aliphatic rings. The Morgan fingerprint density at radius 1 is 0.744 bits per heavy atom. The maximum absolute atomic E-state index is 12.6. The van der Waals surface area contributed by atoms with Gasteiger partial charge in [0.05, 0.1) is 0 Å². The fraction of sp³-hybridized carbons (Fsp3) is 0.375. The van der Waals surface area contributed by atoms with Crippen molar-refractivity contribution in [3.63, 3.8) is 0 Å². The molecule has 0 aliphatic carbocycles. The lowest BCUT2D eigenvalue weighted by Gasteiger charge is -2.42. The zero-order chi connectivity index (χ0) is 30.4. The van der Waals surface area contributed by atoms with Crippen LogP contribution in [0.25, 0.3) is 22.3 Å². The second-order valence-electron chi connectivity index (χ2n) is 14.4. The Morgan fingerprint density at radius 3 is 2.05 bits per heavy atom. The molecule has 4 aromatic rings. The Hall–Kier alpha value is -3.85. The first-order valence-corrected chi connectivity index (χ1v) is 16.0. The summed E-state index contributed by atoms with van der Waals surface area (Å²) in [5, 5.41) is 3.62. The minimum absolute atomic E-state index is 0.0197. The van der Waals surface area contributed by atoms with Gasteiger partial charge < -0.3 is 10.2 Å². The third-order valence-electron chi connectivity index (χ3n) is 9.93. The molecule has 2 aliphatic heterocycles. The van der Waals surface area contributed by atoms with Crippen molar-refractivity contribution in [1.29, 1.82) is 0 Å². The quantitative estimate of drug-likeness (QED) is 0.259. The van der Waals surface area contributed by atoms with Crippen LogP contribution < -0.4 is 10.2 Å². The van der Waals surface area contributed by atoms with Crippen LogP contribution in [0.3, 0.4) is 0 Å². The van der Waals surface area contributed by atoms with E-state index in [1.165, 1.54) is 51.1 Å². The number of hydrogen-bond donors (Lipinski definition) is 1. The zero-order valence-electron chi connectivity index (χ0n) is 26.7. The lowest BCUT2D eigenvalue weighted by molar-refractivity contribution is -0.116. The molecular formula is C40H46N2O. The van der Waals surface area contributed by atoms with E-state index < -0.39 is 0 Å². The van der Waals surface area contributed by atoms with Gasteiger partial charge >= 0.3 is 0 Å². The summed E-state index contributed by atoms with van der Waals surface area (Å²) in [6.45, 7) is 15.4. The number of carbonyl (C=O) groups is 1. The third-order valence-corrected chi connectivity index (χ3v) is 9.93. The first-order chi connectivity index (χ1) is 20.5. The predicted molar refractivity (Wildman–Crippen MR) is 182 cm³/mol. The van der Waals surface area contributed by atoms with Crippen molar-refractivity contribution in [2.24, 2.45) is 10.8 Å². The van der Waals surface area contributed by atoms with E-state index in [-0.39, 0.29) is 16.7 Å². The van der Waals surface area contributed by atoms with Crippen molar-refractivity contribution in [3.8, 4) is 22.3 Å². The van der Waals surface area contributed by atoms with Crippen molar-refractivity contribution < 1.29 is 4.79 Å². The number of rotatable bonds is 5. The lowest BCUT2D eigenvalue weighted by Crippen LogP contribution is -2.39. The van der Waals surface area contributed by atoms with Crippen LogP contribution in [0.1, 0.15) is 82.9 Å². The Morgan fingerprint density at radius 2 is 1.37 bits per heavy atom. The molecule has 0 fully saturated rings. The van der Waals surface area contributed by atoms with E-state index >= 15 is 0 Å². The van der Waals surface area contributed by atoms with Gasteiger partial charge in [0, 0.05) is 31.4 Å². The van der Waals surface area contributed by atoms with Crippen LogP contribution in [0.5, 0.6) is 0 Å². The monoisotopic (exact) mass is 570 g/mol. The average molecular weight is 571 g/mol. The first kappa shape index (κ1) is 29.2. The summed E-state index contributed by atoms with van der Waals surface area (Å²) in [6, 6.07) is 33.4. The van der Waals surface area contributed by atoms with Crippen molar-refractivity contribution in [2.45, 2.75) is 72.6 Å². The Balaban J connectivity index is 1.27. The van der Waals surface area contributed by atoms with E-state index in [1.807, 2.05) is 4.90 Å².